The zero-order valence-corrected chi connectivity index (χ0v) is 10.8. The molecular weight excluding hydrogens is 278 g/mol. The molecule has 0 N–H and O–H groups in total. The molecule has 0 bridgehead atoms. The van der Waals surface area contributed by atoms with Gasteiger partial charge in [0.2, 0.25) is 0 Å². The molecular formula is C10H12BrNO2S. The van der Waals surface area contributed by atoms with Crippen LogP contribution >= 0.6 is 28.7 Å². The number of rotatable bonds is 3. The lowest BCUT2D eigenvalue weighted by atomic mass is 10.3. The Balaban J connectivity index is 2.27. The maximum atomic E-state index is 5.58. The van der Waals surface area contributed by atoms with Crippen LogP contribution in [0.25, 0.3) is 0 Å². The van der Waals surface area contributed by atoms with E-state index in [4.69, 9.17) is 9.47 Å². The minimum Gasteiger partial charge on any atom is -0.492 e. The molecule has 0 fully saturated rings. The first-order chi connectivity index (χ1) is 7.22. The van der Waals surface area contributed by atoms with Gasteiger partial charge in [0.1, 0.15) is 11.5 Å². The van der Waals surface area contributed by atoms with Crippen LogP contribution in [0, 0.1) is 0 Å². The highest BCUT2D eigenvalue weighted by Gasteiger charge is 2.20. The third kappa shape index (κ3) is 2.18. The van der Waals surface area contributed by atoms with Crippen molar-refractivity contribution in [2.75, 3.05) is 17.6 Å². The smallest absolute Gasteiger partial charge is 0.171 e. The zero-order valence-electron chi connectivity index (χ0n) is 8.36. The predicted molar refractivity (Wildman–Crippen MR) is 66.9 cm³/mol. The number of thiol groups is 1. The summed E-state index contributed by atoms with van der Waals surface area (Å²) in [7, 11) is 0. The van der Waals surface area contributed by atoms with Crippen molar-refractivity contribution in [3.63, 3.8) is 0 Å². The molecule has 0 saturated carbocycles. The van der Waals surface area contributed by atoms with Crippen LogP contribution in [0.1, 0.15) is 13.3 Å². The Hall–Kier alpha value is -0.550. The molecule has 0 amide bonds. The number of benzene rings is 1. The lowest BCUT2D eigenvalue weighted by Crippen LogP contribution is -2.07. The molecule has 1 aromatic carbocycles. The maximum absolute atomic E-state index is 5.58. The van der Waals surface area contributed by atoms with E-state index in [9.17, 15) is 0 Å². The molecule has 3 nitrogen and oxygen atoms in total. The second-order valence-electron chi connectivity index (χ2n) is 3.27. The molecule has 2 rings (SSSR count). The Morgan fingerprint density at radius 2 is 2.40 bits per heavy atom. The van der Waals surface area contributed by atoms with E-state index in [2.05, 4.69) is 35.7 Å². The molecule has 0 spiro atoms. The highest BCUT2D eigenvalue weighted by atomic mass is 79.9. The van der Waals surface area contributed by atoms with Crippen LogP contribution in [0.3, 0.4) is 0 Å². The number of ether oxygens (including phenoxy) is 2. The van der Waals surface area contributed by atoms with Crippen molar-refractivity contribution in [2.24, 2.45) is 0 Å². The molecule has 5 heteroatoms. The van der Waals surface area contributed by atoms with Gasteiger partial charge in [0.05, 0.1) is 16.8 Å². The predicted octanol–water partition coefficient (Wildman–Crippen LogP) is 3.24. The van der Waals surface area contributed by atoms with Crippen LogP contribution in [0.15, 0.2) is 16.6 Å². The summed E-state index contributed by atoms with van der Waals surface area (Å²) in [5, 5.41) is 0. The van der Waals surface area contributed by atoms with Gasteiger partial charge in [-0.15, -0.1) is 0 Å². The van der Waals surface area contributed by atoms with Gasteiger partial charge < -0.3 is 9.47 Å². The van der Waals surface area contributed by atoms with Crippen molar-refractivity contribution in [1.82, 2.24) is 0 Å². The summed E-state index contributed by atoms with van der Waals surface area (Å²) in [6.45, 7) is 3.26. The van der Waals surface area contributed by atoms with E-state index in [1.807, 2.05) is 12.1 Å². The van der Waals surface area contributed by atoms with E-state index in [1.54, 1.807) is 4.31 Å². The molecule has 15 heavy (non-hydrogen) atoms. The molecule has 0 atom stereocenters. The van der Waals surface area contributed by atoms with Crippen LogP contribution in [0.5, 0.6) is 11.5 Å². The zero-order chi connectivity index (χ0) is 10.8. The van der Waals surface area contributed by atoms with E-state index in [0.29, 0.717) is 13.3 Å². The monoisotopic (exact) mass is 289 g/mol. The highest BCUT2D eigenvalue weighted by molar-refractivity contribution is 9.10. The minimum absolute atomic E-state index is 0.474. The summed E-state index contributed by atoms with van der Waals surface area (Å²) in [6.07, 6.45) is 0.989. The van der Waals surface area contributed by atoms with E-state index in [1.165, 1.54) is 0 Å². The van der Waals surface area contributed by atoms with Gasteiger partial charge in [-0.2, -0.15) is 0 Å². The van der Waals surface area contributed by atoms with Crippen molar-refractivity contribution in [2.45, 2.75) is 13.3 Å². The second kappa shape index (κ2) is 4.53. The average molecular weight is 290 g/mol. The number of anilines is 1. The van der Waals surface area contributed by atoms with E-state index < -0.39 is 0 Å². The quantitative estimate of drug-likeness (QED) is 0.864. The maximum Gasteiger partial charge on any atom is 0.171 e. The van der Waals surface area contributed by atoms with Gasteiger partial charge in [0.15, 0.2) is 6.73 Å². The SMILES string of the molecule is CCCOc1cc2c(cc1Br)N(S)CO2. The first-order valence-corrected chi connectivity index (χ1v) is 5.97. The fourth-order valence-corrected chi connectivity index (χ4v) is 2.02. The number of halogens is 1. The van der Waals surface area contributed by atoms with Crippen LogP contribution < -0.4 is 13.8 Å². The molecule has 0 aliphatic carbocycles. The third-order valence-corrected chi connectivity index (χ3v) is 3.05. The van der Waals surface area contributed by atoms with Crippen molar-refractivity contribution >= 4 is 34.4 Å². The van der Waals surface area contributed by atoms with Crippen molar-refractivity contribution in [3.8, 4) is 11.5 Å². The highest BCUT2D eigenvalue weighted by Crippen LogP contribution is 2.42. The lowest BCUT2D eigenvalue weighted by Gasteiger charge is -2.10. The van der Waals surface area contributed by atoms with Crippen molar-refractivity contribution < 1.29 is 9.47 Å². The second-order valence-corrected chi connectivity index (χ2v) is 4.61. The molecule has 0 saturated heterocycles. The summed E-state index contributed by atoms with van der Waals surface area (Å²) in [5.74, 6) is 1.64. The summed E-state index contributed by atoms with van der Waals surface area (Å²) >= 11 is 7.74. The Morgan fingerprint density at radius 1 is 1.60 bits per heavy atom. The van der Waals surface area contributed by atoms with Crippen LogP contribution in [-0.4, -0.2) is 13.3 Å². The van der Waals surface area contributed by atoms with Gasteiger partial charge in [0.25, 0.3) is 0 Å². The first-order valence-electron chi connectivity index (χ1n) is 4.78. The number of hydrogen-bond donors (Lipinski definition) is 1. The Labute approximate surface area is 103 Å². The standard InChI is InChI=1S/C10H12BrNO2S/c1-2-3-13-9-5-10-8(4-7(9)11)12(15)6-14-10/h4-5,15H,2-3,6H2,1H3. The number of fused-ring (bicyclic) bond motifs is 1. The summed E-state index contributed by atoms with van der Waals surface area (Å²) in [5.41, 5.74) is 0.967. The topological polar surface area (TPSA) is 21.7 Å². The molecule has 0 aromatic heterocycles. The first kappa shape index (κ1) is 11.0. The number of hydrogen-bond acceptors (Lipinski definition) is 4. The van der Waals surface area contributed by atoms with Gasteiger partial charge in [0, 0.05) is 6.07 Å². The van der Waals surface area contributed by atoms with Gasteiger partial charge in [-0.3, -0.25) is 4.31 Å². The fraction of sp³-hybridized carbons (Fsp3) is 0.400. The van der Waals surface area contributed by atoms with Gasteiger partial charge >= 0.3 is 0 Å². The van der Waals surface area contributed by atoms with Gasteiger partial charge in [-0.25, -0.2) is 0 Å². The molecule has 1 aliphatic rings. The molecule has 1 aliphatic heterocycles. The molecule has 1 aromatic rings. The Bertz CT molecular complexity index is 373. The summed E-state index contributed by atoms with van der Waals surface area (Å²) in [6, 6.07) is 3.85. The van der Waals surface area contributed by atoms with Gasteiger partial charge in [-0.05, 0) is 28.4 Å². The van der Waals surface area contributed by atoms with Crippen LogP contribution in [0.4, 0.5) is 5.69 Å². The largest absolute Gasteiger partial charge is 0.492 e. The third-order valence-electron chi connectivity index (χ3n) is 2.10. The van der Waals surface area contributed by atoms with Crippen molar-refractivity contribution in [3.05, 3.63) is 16.6 Å². The molecule has 82 valence electrons. The minimum atomic E-state index is 0.474. The lowest BCUT2D eigenvalue weighted by molar-refractivity contribution is 0.311. The molecule has 0 radical (unpaired) electrons. The van der Waals surface area contributed by atoms with Crippen LogP contribution in [0.2, 0.25) is 0 Å². The number of nitrogens with zero attached hydrogens (tertiary/aromatic N) is 1. The fourth-order valence-electron chi connectivity index (χ4n) is 1.36. The average Bonchev–Trinajstić information content (AvgIpc) is 2.57. The van der Waals surface area contributed by atoms with Gasteiger partial charge in [-0.1, -0.05) is 19.7 Å². The van der Waals surface area contributed by atoms with E-state index in [-0.39, 0.29) is 0 Å². The normalized spacial score (nSPS) is 13.7. The van der Waals surface area contributed by atoms with E-state index >= 15 is 0 Å². The molecule has 0 unspecified atom stereocenters. The summed E-state index contributed by atoms with van der Waals surface area (Å²) < 4.78 is 13.7. The van der Waals surface area contributed by atoms with E-state index in [0.717, 1.165) is 28.1 Å². The summed E-state index contributed by atoms with van der Waals surface area (Å²) in [4.78, 5) is 0. The van der Waals surface area contributed by atoms with Crippen molar-refractivity contribution in [1.29, 1.82) is 0 Å². The Kier molecular flexibility index (Phi) is 3.31. The molecule has 1 heterocycles. The van der Waals surface area contributed by atoms with Crippen LogP contribution in [-0.2, 0) is 0 Å². The Morgan fingerprint density at radius 3 is 3.13 bits per heavy atom.